The SMILES string of the molecule is CCC(C)(C(N)Cc1nc(C(C)(C)C)cs1)N(C)C. The predicted octanol–water partition coefficient (Wildman–Crippen LogP) is 3.04. The highest BCUT2D eigenvalue weighted by atomic mass is 32.1. The molecule has 2 atom stereocenters. The van der Waals surface area contributed by atoms with E-state index in [2.05, 4.69) is 59.0 Å². The van der Waals surface area contributed by atoms with Crippen LogP contribution < -0.4 is 5.73 Å². The van der Waals surface area contributed by atoms with E-state index in [1.54, 1.807) is 11.3 Å². The molecule has 1 aromatic rings. The highest BCUT2D eigenvalue weighted by molar-refractivity contribution is 7.09. The van der Waals surface area contributed by atoms with Gasteiger partial charge in [0.15, 0.2) is 0 Å². The van der Waals surface area contributed by atoms with E-state index in [9.17, 15) is 0 Å². The molecule has 0 spiro atoms. The van der Waals surface area contributed by atoms with Crippen molar-refractivity contribution < 1.29 is 0 Å². The van der Waals surface area contributed by atoms with Crippen LogP contribution in [0.15, 0.2) is 5.38 Å². The molecular weight excluding hydrogens is 254 g/mol. The maximum atomic E-state index is 6.44. The van der Waals surface area contributed by atoms with Gasteiger partial charge in [0, 0.05) is 28.8 Å². The fourth-order valence-corrected chi connectivity index (χ4v) is 3.15. The summed E-state index contributed by atoms with van der Waals surface area (Å²) in [6, 6.07) is 0.103. The van der Waals surface area contributed by atoms with Crippen LogP contribution in [0.3, 0.4) is 0 Å². The monoisotopic (exact) mass is 283 g/mol. The number of aromatic nitrogens is 1. The molecule has 1 aromatic heterocycles. The zero-order chi connectivity index (χ0) is 14.8. The third-order valence-electron chi connectivity index (χ3n) is 4.25. The second-order valence-corrected chi connectivity index (χ2v) is 7.73. The average Bonchev–Trinajstić information content (AvgIpc) is 2.75. The first-order chi connectivity index (χ1) is 8.61. The Balaban J connectivity index is 2.82. The molecule has 0 radical (unpaired) electrons. The summed E-state index contributed by atoms with van der Waals surface area (Å²) in [5.41, 5.74) is 7.75. The van der Waals surface area contributed by atoms with Gasteiger partial charge in [0.2, 0.25) is 0 Å². The van der Waals surface area contributed by atoms with Crippen molar-refractivity contribution in [1.29, 1.82) is 0 Å². The second-order valence-electron chi connectivity index (χ2n) is 6.79. The molecule has 19 heavy (non-hydrogen) atoms. The number of likely N-dealkylation sites (N-methyl/N-ethyl adjacent to an activating group) is 1. The van der Waals surface area contributed by atoms with E-state index in [4.69, 9.17) is 10.7 Å². The zero-order valence-corrected chi connectivity index (χ0v) is 14.3. The predicted molar refractivity (Wildman–Crippen MR) is 84.9 cm³/mol. The van der Waals surface area contributed by atoms with Crippen LogP contribution >= 0.6 is 11.3 Å². The van der Waals surface area contributed by atoms with E-state index in [1.807, 2.05) is 0 Å². The molecule has 0 aliphatic rings. The lowest BCUT2D eigenvalue weighted by Crippen LogP contribution is -2.55. The number of hydrogen-bond donors (Lipinski definition) is 1. The highest BCUT2D eigenvalue weighted by Crippen LogP contribution is 2.27. The molecule has 110 valence electrons. The Bertz CT molecular complexity index is 406. The number of hydrogen-bond acceptors (Lipinski definition) is 4. The molecule has 2 unspecified atom stereocenters. The minimum atomic E-state index is 0.0214. The molecule has 0 bridgehead atoms. The van der Waals surface area contributed by atoms with Gasteiger partial charge in [-0.2, -0.15) is 0 Å². The minimum absolute atomic E-state index is 0.0214. The molecular formula is C15H29N3S. The molecule has 4 heteroatoms. The molecule has 1 rings (SSSR count). The first-order valence-electron chi connectivity index (χ1n) is 6.99. The highest BCUT2D eigenvalue weighted by Gasteiger charge is 2.33. The van der Waals surface area contributed by atoms with E-state index < -0.39 is 0 Å². The summed E-state index contributed by atoms with van der Waals surface area (Å²) in [6.07, 6.45) is 1.89. The Labute approximate surface area is 122 Å². The van der Waals surface area contributed by atoms with Gasteiger partial charge in [-0.25, -0.2) is 4.98 Å². The van der Waals surface area contributed by atoms with Crippen molar-refractivity contribution in [2.75, 3.05) is 14.1 Å². The smallest absolute Gasteiger partial charge is 0.0944 e. The van der Waals surface area contributed by atoms with Crippen molar-refractivity contribution in [1.82, 2.24) is 9.88 Å². The second kappa shape index (κ2) is 5.90. The molecule has 0 aliphatic heterocycles. The normalized spacial score (nSPS) is 17.5. The Kier molecular flexibility index (Phi) is 5.15. The van der Waals surface area contributed by atoms with Crippen LogP contribution in [0.5, 0.6) is 0 Å². The Morgan fingerprint density at radius 1 is 1.32 bits per heavy atom. The molecule has 1 heterocycles. The summed E-state index contributed by atoms with van der Waals surface area (Å²) >= 11 is 1.73. The van der Waals surface area contributed by atoms with E-state index in [1.165, 1.54) is 5.69 Å². The third-order valence-corrected chi connectivity index (χ3v) is 5.12. The van der Waals surface area contributed by atoms with E-state index in [-0.39, 0.29) is 17.0 Å². The number of thiazole rings is 1. The van der Waals surface area contributed by atoms with Crippen molar-refractivity contribution in [2.24, 2.45) is 5.73 Å². The van der Waals surface area contributed by atoms with Gasteiger partial charge in [0.05, 0.1) is 10.7 Å². The van der Waals surface area contributed by atoms with Crippen molar-refractivity contribution in [3.05, 3.63) is 16.1 Å². The van der Waals surface area contributed by atoms with Crippen molar-refractivity contribution in [2.45, 2.75) is 64.5 Å². The fourth-order valence-electron chi connectivity index (χ4n) is 2.07. The van der Waals surface area contributed by atoms with Gasteiger partial charge >= 0.3 is 0 Å². The van der Waals surface area contributed by atoms with Gasteiger partial charge < -0.3 is 10.6 Å². The lowest BCUT2D eigenvalue weighted by molar-refractivity contribution is 0.131. The number of rotatable bonds is 5. The molecule has 2 N–H and O–H groups in total. The average molecular weight is 283 g/mol. The van der Waals surface area contributed by atoms with Gasteiger partial charge in [-0.3, -0.25) is 0 Å². The third kappa shape index (κ3) is 3.77. The molecule has 0 aromatic carbocycles. The fraction of sp³-hybridized carbons (Fsp3) is 0.800. The summed E-state index contributed by atoms with van der Waals surface area (Å²) in [5.74, 6) is 0. The maximum Gasteiger partial charge on any atom is 0.0944 e. The molecule has 0 saturated heterocycles. The van der Waals surface area contributed by atoms with Crippen molar-refractivity contribution in [3.8, 4) is 0 Å². The first kappa shape index (κ1) is 16.6. The van der Waals surface area contributed by atoms with Crippen LogP contribution in [0.4, 0.5) is 0 Å². The Hall–Kier alpha value is -0.450. The Morgan fingerprint density at radius 3 is 2.26 bits per heavy atom. The van der Waals surface area contributed by atoms with Crippen LogP contribution in [0.25, 0.3) is 0 Å². The lowest BCUT2D eigenvalue weighted by Gasteiger charge is -2.40. The standard InChI is InChI=1S/C15H29N3S/c1-8-15(5,18(6)7)11(16)9-13-17-12(10-19-13)14(2,3)4/h10-11H,8-9,16H2,1-7H3. The van der Waals surface area contributed by atoms with Crippen molar-refractivity contribution >= 4 is 11.3 Å². The van der Waals surface area contributed by atoms with E-state index in [0.717, 1.165) is 17.8 Å². The molecule has 3 nitrogen and oxygen atoms in total. The summed E-state index contributed by atoms with van der Waals surface area (Å²) in [6.45, 7) is 11.0. The van der Waals surface area contributed by atoms with Gasteiger partial charge in [0.1, 0.15) is 0 Å². The zero-order valence-electron chi connectivity index (χ0n) is 13.4. The largest absolute Gasteiger partial charge is 0.326 e. The first-order valence-corrected chi connectivity index (χ1v) is 7.87. The molecule has 0 amide bonds. The van der Waals surface area contributed by atoms with E-state index >= 15 is 0 Å². The lowest BCUT2D eigenvalue weighted by atomic mass is 9.86. The van der Waals surface area contributed by atoms with Gasteiger partial charge in [-0.05, 0) is 27.4 Å². The van der Waals surface area contributed by atoms with Crippen LogP contribution in [-0.4, -0.2) is 35.6 Å². The van der Waals surface area contributed by atoms with Crippen molar-refractivity contribution in [3.63, 3.8) is 0 Å². The molecule has 0 saturated carbocycles. The van der Waals surface area contributed by atoms with E-state index in [0.29, 0.717) is 0 Å². The topological polar surface area (TPSA) is 42.1 Å². The van der Waals surface area contributed by atoms with Crippen LogP contribution in [0, 0.1) is 0 Å². The molecule has 0 fully saturated rings. The van der Waals surface area contributed by atoms with Gasteiger partial charge in [0.25, 0.3) is 0 Å². The molecule has 0 aliphatic carbocycles. The summed E-state index contributed by atoms with van der Waals surface area (Å²) in [4.78, 5) is 6.98. The minimum Gasteiger partial charge on any atom is -0.326 e. The maximum absolute atomic E-state index is 6.44. The number of nitrogens with two attached hydrogens (primary N) is 1. The van der Waals surface area contributed by atoms with Gasteiger partial charge in [-0.1, -0.05) is 27.7 Å². The van der Waals surface area contributed by atoms with Gasteiger partial charge in [-0.15, -0.1) is 11.3 Å². The Morgan fingerprint density at radius 2 is 1.89 bits per heavy atom. The quantitative estimate of drug-likeness (QED) is 0.903. The van der Waals surface area contributed by atoms with Crippen LogP contribution in [-0.2, 0) is 11.8 Å². The van der Waals surface area contributed by atoms with Crippen LogP contribution in [0.1, 0.15) is 51.7 Å². The summed E-state index contributed by atoms with van der Waals surface area (Å²) in [5, 5.41) is 3.32. The van der Waals surface area contributed by atoms with Crippen LogP contribution in [0.2, 0.25) is 0 Å². The summed E-state index contributed by atoms with van der Waals surface area (Å²) < 4.78 is 0. The summed E-state index contributed by atoms with van der Waals surface area (Å²) in [7, 11) is 4.21. The number of nitrogens with zero attached hydrogens (tertiary/aromatic N) is 2.